The second kappa shape index (κ2) is 5.71. The first-order chi connectivity index (χ1) is 8.65. The van der Waals surface area contributed by atoms with Crippen molar-refractivity contribution in [2.24, 2.45) is 5.92 Å². The largest absolute Gasteiger partial charge is 0.489 e. The quantitative estimate of drug-likeness (QED) is 0.808. The number of hydrogen-bond acceptors (Lipinski definition) is 2. The lowest BCUT2D eigenvalue weighted by atomic mass is 9.85. The van der Waals surface area contributed by atoms with E-state index in [2.05, 4.69) is 11.9 Å². The molecule has 1 aromatic carbocycles. The number of carbonyl (C=O) groups excluding carboxylic acids is 1. The summed E-state index contributed by atoms with van der Waals surface area (Å²) in [6.45, 7) is 6.23. The molecule has 1 N–H and O–H groups in total. The van der Waals surface area contributed by atoms with Crippen molar-refractivity contribution in [3.8, 4) is 5.75 Å². The van der Waals surface area contributed by atoms with Gasteiger partial charge in [-0.2, -0.15) is 0 Å². The molecule has 18 heavy (non-hydrogen) atoms. The highest BCUT2D eigenvalue weighted by Gasteiger charge is 2.24. The van der Waals surface area contributed by atoms with Crippen LogP contribution in [0.4, 0.5) is 5.69 Å². The summed E-state index contributed by atoms with van der Waals surface area (Å²) >= 11 is 0. The molecular weight excluding hydrogens is 226 g/mol. The summed E-state index contributed by atoms with van der Waals surface area (Å²) in [6, 6.07) is 7.45. The Morgan fingerprint density at radius 2 is 2.06 bits per heavy atom. The van der Waals surface area contributed by atoms with E-state index >= 15 is 0 Å². The van der Waals surface area contributed by atoms with Gasteiger partial charge in [-0.25, -0.2) is 0 Å². The Kier molecular flexibility index (Phi) is 4.03. The summed E-state index contributed by atoms with van der Waals surface area (Å²) in [4.78, 5) is 11.7. The van der Waals surface area contributed by atoms with E-state index in [1.54, 1.807) is 0 Å². The van der Waals surface area contributed by atoms with Gasteiger partial charge in [0.2, 0.25) is 5.91 Å². The Morgan fingerprint density at radius 3 is 2.56 bits per heavy atom. The molecule has 3 heteroatoms. The van der Waals surface area contributed by atoms with Gasteiger partial charge in [0.25, 0.3) is 0 Å². The molecule has 0 radical (unpaired) electrons. The highest BCUT2D eigenvalue weighted by Crippen LogP contribution is 2.27. The van der Waals surface area contributed by atoms with Crippen LogP contribution in [0.3, 0.4) is 0 Å². The van der Waals surface area contributed by atoms with Crippen LogP contribution in [0.5, 0.6) is 5.75 Å². The van der Waals surface area contributed by atoms with Gasteiger partial charge in [0.1, 0.15) is 12.4 Å². The fourth-order valence-electron chi connectivity index (χ4n) is 1.76. The minimum absolute atomic E-state index is 0.136. The second-order valence-electron chi connectivity index (χ2n) is 4.89. The fraction of sp³-hybridized carbons (Fsp3) is 0.400. The van der Waals surface area contributed by atoms with Gasteiger partial charge in [0.05, 0.1) is 0 Å². The number of anilines is 1. The smallest absolute Gasteiger partial charge is 0.227 e. The Morgan fingerprint density at radius 1 is 1.39 bits per heavy atom. The molecule has 1 aliphatic carbocycles. The average molecular weight is 245 g/mol. The SMILES string of the molecule is C=C(C)COc1ccc(NC(=O)C2CCC2)cc1. The van der Waals surface area contributed by atoms with Crippen LogP contribution in [-0.2, 0) is 4.79 Å². The summed E-state index contributed by atoms with van der Waals surface area (Å²) in [5, 5.41) is 2.92. The van der Waals surface area contributed by atoms with E-state index in [1.165, 1.54) is 6.42 Å². The lowest BCUT2D eigenvalue weighted by Crippen LogP contribution is -2.27. The zero-order valence-corrected chi connectivity index (χ0v) is 10.7. The molecule has 1 saturated carbocycles. The number of amides is 1. The van der Waals surface area contributed by atoms with Crippen LogP contribution >= 0.6 is 0 Å². The first-order valence-corrected chi connectivity index (χ1v) is 6.33. The van der Waals surface area contributed by atoms with Gasteiger partial charge >= 0.3 is 0 Å². The third-order valence-electron chi connectivity index (χ3n) is 3.08. The molecule has 3 nitrogen and oxygen atoms in total. The lowest BCUT2D eigenvalue weighted by molar-refractivity contribution is -0.122. The molecule has 2 rings (SSSR count). The van der Waals surface area contributed by atoms with Crippen LogP contribution in [0.25, 0.3) is 0 Å². The summed E-state index contributed by atoms with van der Waals surface area (Å²) < 4.78 is 5.49. The van der Waals surface area contributed by atoms with Crippen LogP contribution in [0.1, 0.15) is 26.2 Å². The number of carbonyl (C=O) groups is 1. The molecule has 1 aromatic rings. The molecule has 0 unspecified atom stereocenters. The summed E-state index contributed by atoms with van der Waals surface area (Å²) in [5.41, 5.74) is 1.81. The topological polar surface area (TPSA) is 38.3 Å². The maximum atomic E-state index is 11.7. The maximum absolute atomic E-state index is 11.7. The maximum Gasteiger partial charge on any atom is 0.227 e. The van der Waals surface area contributed by atoms with Crippen molar-refractivity contribution in [2.75, 3.05) is 11.9 Å². The van der Waals surface area contributed by atoms with Gasteiger partial charge in [0.15, 0.2) is 0 Å². The predicted octanol–water partition coefficient (Wildman–Crippen LogP) is 3.38. The second-order valence-corrected chi connectivity index (χ2v) is 4.89. The van der Waals surface area contributed by atoms with Crippen molar-refractivity contribution < 1.29 is 9.53 Å². The summed E-state index contributed by atoms with van der Waals surface area (Å²) in [6.07, 6.45) is 3.21. The van der Waals surface area contributed by atoms with Crippen molar-refractivity contribution in [2.45, 2.75) is 26.2 Å². The van der Waals surface area contributed by atoms with E-state index in [-0.39, 0.29) is 11.8 Å². The van der Waals surface area contributed by atoms with Crippen LogP contribution in [-0.4, -0.2) is 12.5 Å². The molecule has 0 heterocycles. The highest BCUT2D eigenvalue weighted by molar-refractivity contribution is 5.93. The Bertz CT molecular complexity index is 432. The molecule has 0 aromatic heterocycles. The highest BCUT2D eigenvalue weighted by atomic mass is 16.5. The first-order valence-electron chi connectivity index (χ1n) is 6.33. The number of rotatable bonds is 5. The van der Waals surface area contributed by atoms with E-state index in [1.807, 2.05) is 31.2 Å². The molecule has 96 valence electrons. The Balaban J connectivity index is 1.86. The molecule has 0 aliphatic heterocycles. The minimum atomic E-state index is 0.136. The van der Waals surface area contributed by atoms with Crippen LogP contribution < -0.4 is 10.1 Å². The van der Waals surface area contributed by atoms with E-state index in [0.29, 0.717) is 6.61 Å². The third kappa shape index (κ3) is 3.36. The predicted molar refractivity (Wildman–Crippen MR) is 72.7 cm³/mol. The van der Waals surface area contributed by atoms with Gasteiger partial charge in [-0.1, -0.05) is 13.0 Å². The van der Waals surface area contributed by atoms with Crippen molar-refractivity contribution in [3.05, 3.63) is 36.4 Å². The van der Waals surface area contributed by atoms with E-state index < -0.39 is 0 Å². The number of benzene rings is 1. The average Bonchev–Trinajstić information content (AvgIpc) is 2.25. The van der Waals surface area contributed by atoms with Gasteiger partial charge in [-0.3, -0.25) is 4.79 Å². The van der Waals surface area contributed by atoms with Gasteiger partial charge in [-0.15, -0.1) is 0 Å². The van der Waals surface area contributed by atoms with Crippen LogP contribution in [0.15, 0.2) is 36.4 Å². The van der Waals surface area contributed by atoms with Gasteiger partial charge in [0, 0.05) is 11.6 Å². The van der Waals surface area contributed by atoms with Crippen LogP contribution in [0, 0.1) is 5.92 Å². The van der Waals surface area contributed by atoms with Crippen molar-refractivity contribution in [3.63, 3.8) is 0 Å². The van der Waals surface area contributed by atoms with Gasteiger partial charge in [-0.05, 0) is 49.6 Å². The Hall–Kier alpha value is -1.77. The first kappa shape index (κ1) is 12.7. The monoisotopic (exact) mass is 245 g/mol. The fourth-order valence-corrected chi connectivity index (χ4v) is 1.76. The minimum Gasteiger partial charge on any atom is -0.489 e. The van der Waals surface area contributed by atoms with E-state index in [9.17, 15) is 4.79 Å². The lowest BCUT2D eigenvalue weighted by Gasteiger charge is -2.24. The number of nitrogens with one attached hydrogen (secondary N) is 1. The van der Waals surface area contributed by atoms with Crippen molar-refractivity contribution >= 4 is 11.6 Å². The van der Waals surface area contributed by atoms with E-state index in [4.69, 9.17) is 4.74 Å². The van der Waals surface area contributed by atoms with E-state index in [0.717, 1.165) is 29.9 Å². The van der Waals surface area contributed by atoms with Crippen molar-refractivity contribution in [1.82, 2.24) is 0 Å². The molecular formula is C15H19NO2. The third-order valence-corrected chi connectivity index (χ3v) is 3.08. The van der Waals surface area contributed by atoms with Crippen molar-refractivity contribution in [1.29, 1.82) is 0 Å². The Labute approximate surface area is 108 Å². The molecule has 0 saturated heterocycles. The van der Waals surface area contributed by atoms with Gasteiger partial charge < -0.3 is 10.1 Å². The molecule has 0 spiro atoms. The zero-order valence-electron chi connectivity index (χ0n) is 10.7. The molecule has 0 atom stereocenters. The zero-order chi connectivity index (χ0) is 13.0. The molecule has 1 fully saturated rings. The van der Waals surface area contributed by atoms with Crippen LogP contribution in [0.2, 0.25) is 0 Å². The molecule has 1 amide bonds. The standard InChI is InChI=1S/C15H19NO2/c1-11(2)10-18-14-8-6-13(7-9-14)16-15(17)12-4-3-5-12/h6-9,12H,1,3-5,10H2,2H3,(H,16,17). The number of ether oxygens (including phenoxy) is 1. The number of hydrogen-bond donors (Lipinski definition) is 1. The summed E-state index contributed by atoms with van der Waals surface area (Å²) in [7, 11) is 0. The summed E-state index contributed by atoms with van der Waals surface area (Å²) in [5.74, 6) is 1.14. The normalized spacial score (nSPS) is 14.7. The molecule has 0 bridgehead atoms. The molecule has 1 aliphatic rings.